The number of nitrogens with one attached hydrogen (secondary N) is 1. The van der Waals surface area contributed by atoms with Gasteiger partial charge in [-0.15, -0.1) is 0 Å². The molecule has 2 rings (SSSR count). The van der Waals surface area contributed by atoms with Crippen LogP contribution < -0.4 is 5.32 Å². The van der Waals surface area contributed by atoms with Gasteiger partial charge < -0.3 is 10.2 Å². The third-order valence-corrected chi connectivity index (χ3v) is 4.69. The second-order valence-corrected chi connectivity index (χ2v) is 6.88. The standard InChI is InChI=1S/C16H23F3N4O2/c1-9(13(24)22-7-6-20-14(25)15(22,4)5)12-10(2)21-23(11(12)3)8-16(17,18)19/h9H,6-8H2,1-5H3,(H,20,25)/t9-/m1/s1. The molecule has 25 heavy (non-hydrogen) atoms. The van der Waals surface area contributed by atoms with E-state index in [4.69, 9.17) is 0 Å². The number of carbonyl (C=O) groups is 2. The minimum Gasteiger partial charge on any atom is -0.352 e. The number of amides is 2. The number of aryl methyl sites for hydroxylation is 1. The van der Waals surface area contributed by atoms with Crippen LogP contribution in [0.1, 0.15) is 43.6 Å². The number of hydrogen-bond donors (Lipinski definition) is 1. The summed E-state index contributed by atoms with van der Waals surface area (Å²) in [5.41, 5.74) is 0.181. The summed E-state index contributed by atoms with van der Waals surface area (Å²) in [7, 11) is 0. The van der Waals surface area contributed by atoms with Crippen LogP contribution in [0.25, 0.3) is 0 Å². The highest BCUT2D eigenvalue weighted by atomic mass is 19.4. The molecule has 0 aromatic carbocycles. The highest BCUT2D eigenvalue weighted by molar-refractivity contribution is 5.94. The molecule has 2 heterocycles. The third-order valence-electron chi connectivity index (χ3n) is 4.69. The number of rotatable bonds is 3. The molecule has 1 atom stereocenters. The van der Waals surface area contributed by atoms with E-state index in [0.717, 1.165) is 4.68 Å². The number of halogens is 3. The van der Waals surface area contributed by atoms with E-state index < -0.39 is 24.2 Å². The fourth-order valence-corrected chi connectivity index (χ4v) is 3.30. The first kappa shape index (κ1) is 19.3. The minimum atomic E-state index is -4.39. The molecule has 1 fully saturated rings. The molecule has 1 aliphatic heterocycles. The van der Waals surface area contributed by atoms with Crippen molar-refractivity contribution in [3.8, 4) is 0 Å². The van der Waals surface area contributed by atoms with Crippen LogP contribution >= 0.6 is 0 Å². The Morgan fingerprint density at radius 1 is 1.36 bits per heavy atom. The normalized spacial score (nSPS) is 18.9. The second kappa shape index (κ2) is 6.34. The predicted molar refractivity (Wildman–Crippen MR) is 85.0 cm³/mol. The largest absolute Gasteiger partial charge is 0.408 e. The number of nitrogens with zero attached hydrogens (tertiary/aromatic N) is 3. The van der Waals surface area contributed by atoms with Crippen molar-refractivity contribution in [2.75, 3.05) is 13.1 Å². The molecule has 0 aliphatic carbocycles. The number of carbonyl (C=O) groups excluding carboxylic acids is 2. The average molecular weight is 360 g/mol. The van der Waals surface area contributed by atoms with Crippen LogP contribution in [0.4, 0.5) is 13.2 Å². The Hall–Kier alpha value is -2.06. The van der Waals surface area contributed by atoms with Crippen molar-refractivity contribution in [2.45, 2.75) is 58.8 Å². The van der Waals surface area contributed by atoms with E-state index in [1.165, 1.54) is 11.8 Å². The van der Waals surface area contributed by atoms with Crippen molar-refractivity contribution in [3.63, 3.8) is 0 Å². The van der Waals surface area contributed by atoms with Crippen LogP contribution in [0.3, 0.4) is 0 Å². The quantitative estimate of drug-likeness (QED) is 0.895. The van der Waals surface area contributed by atoms with Crippen LogP contribution in [0.2, 0.25) is 0 Å². The molecule has 1 N–H and O–H groups in total. The van der Waals surface area contributed by atoms with Crippen LogP contribution in [-0.2, 0) is 16.1 Å². The molecule has 0 bridgehead atoms. The molecule has 6 nitrogen and oxygen atoms in total. The maximum atomic E-state index is 12.9. The average Bonchev–Trinajstić information content (AvgIpc) is 2.73. The van der Waals surface area contributed by atoms with E-state index in [2.05, 4.69) is 10.4 Å². The van der Waals surface area contributed by atoms with Crippen molar-refractivity contribution in [3.05, 3.63) is 17.0 Å². The molecule has 1 aliphatic rings. The van der Waals surface area contributed by atoms with Gasteiger partial charge in [-0.2, -0.15) is 18.3 Å². The number of alkyl halides is 3. The van der Waals surface area contributed by atoms with E-state index in [1.807, 2.05) is 0 Å². The summed E-state index contributed by atoms with van der Waals surface area (Å²) in [6.45, 7) is 7.57. The molecule has 0 unspecified atom stereocenters. The smallest absolute Gasteiger partial charge is 0.352 e. The first-order valence-electron chi connectivity index (χ1n) is 8.06. The van der Waals surface area contributed by atoms with Crippen molar-refractivity contribution < 1.29 is 22.8 Å². The molecule has 2 amide bonds. The Balaban J connectivity index is 2.33. The summed E-state index contributed by atoms with van der Waals surface area (Å²) >= 11 is 0. The van der Waals surface area contributed by atoms with E-state index in [-0.39, 0.29) is 11.8 Å². The predicted octanol–water partition coefficient (Wildman–Crippen LogP) is 1.90. The molecule has 0 spiro atoms. The molecule has 1 aromatic rings. The fraction of sp³-hybridized carbons (Fsp3) is 0.688. The molecular weight excluding hydrogens is 337 g/mol. The lowest BCUT2D eigenvalue weighted by Crippen LogP contribution is -2.64. The molecule has 0 radical (unpaired) electrons. The van der Waals surface area contributed by atoms with Gasteiger partial charge in [0.15, 0.2) is 0 Å². The molecule has 1 aromatic heterocycles. The lowest BCUT2D eigenvalue weighted by Gasteiger charge is -2.42. The van der Waals surface area contributed by atoms with Crippen molar-refractivity contribution in [2.24, 2.45) is 0 Å². The summed E-state index contributed by atoms with van der Waals surface area (Å²) in [5.74, 6) is -1.23. The summed E-state index contributed by atoms with van der Waals surface area (Å²) in [4.78, 5) is 26.5. The summed E-state index contributed by atoms with van der Waals surface area (Å²) in [6, 6.07) is 0. The van der Waals surface area contributed by atoms with Crippen LogP contribution in [0.5, 0.6) is 0 Å². The highest BCUT2D eigenvalue weighted by Gasteiger charge is 2.42. The van der Waals surface area contributed by atoms with Crippen LogP contribution in [-0.4, -0.2) is 51.3 Å². The Bertz CT molecular complexity index is 694. The third kappa shape index (κ3) is 3.64. The Labute approximate surface area is 144 Å². The summed E-state index contributed by atoms with van der Waals surface area (Å²) < 4.78 is 38.9. The van der Waals surface area contributed by atoms with E-state index in [9.17, 15) is 22.8 Å². The number of piperazine rings is 1. The van der Waals surface area contributed by atoms with Crippen molar-refractivity contribution in [1.29, 1.82) is 0 Å². The Kier molecular flexibility index (Phi) is 4.89. The summed E-state index contributed by atoms with van der Waals surface area (Å²) in [6.07, 6.45) is -4.39. The number of hydrogen-bond acceptors (Lipinski definition) is 3. The Morgan fingerprint density at radius 2 is 1.96 bits per heavy atom. The van der Waals surface area contributed by atoms with E-state index >= 15 is 0 Å². The molecule has 1 saturated heterocycles. The van der Waals surface area contributed by atoms with Crippen molar-refractivity contribution >= 4 is 11.8 Å². The van der Waals surface area contributed by atoms with Gasteiger partial charge in [0.2, 0.25) is 11.8 Å². The van der Waals surface area contributed by atoms with Gasteiger partial charge in [0.05, 0.1) is 11.6 Å². The maximum absolute atomic E-state index is 12.9. The Morgan fingerprint density at radius 3 is 2.52 bits per heavy atom. The van der Waals surface area contributed by atoms with Gasteiger partial charge in [-0.05, 0) is 34.6 Å². The lowest BCUT2D eigenvalue weighted by molar-refractivity contribution is -0.150. The molecular formula is C16H23F3N4O2. The maximum Gasteiger partial charge on any atom is 0.408 e. The monoisotopic (exact) mass is 360 g/mol. The van der Waals surface area contributed by atoms with Gasteiger partial charge in [-0.25, -0.2) is 0 Å². The van der Waals surface area contributed by atoms with Gasteiger partial charge in [-0.1, -0.05) is 0 Å². The number of aromatic nitrogens is 2. The lowest BCUT2D eigenvalue weighted by atomic mass is 9.92. The first-order valence-corrected chi connectivity index (χ1v) is 8.06. The zero-order chi connectivity index (χ0) is 19.2. The van der Waals surface area contributed by atoms with Gasteiger partial charge >= 0.3 is 6.18 Å². The van der Waals surface area contributed by atoms with Gasteiger partial charge in [0, 0.05) is 24.3 Å². The van der Waals surface area contributed by atoms with Gasteiger partial charge in [0.25, 0.3) is 0 Å². The van der Waals surface area contributed by atoms with Gasteiger partial charge in [0.1, 0.15) is 12.1 Å². The van der Waals surface area contributed by atoms with Gasteiger partial charge in [-0.3, -0.25) is 14.3 Å². The van der Waals surface area contributed by atoms with E-state index in [0.29, 0.717) is 30.0 Å². The zero-order valence-corrected chi connectivity index (χ0v) is 15.0. The fourth-order valence-electron chi connectivity index (χ4n) is 3.30. The van der Waals surface area contributed by atoms with Crippen molar-refractivity contribution in [1.82, 2.24) is 20.0 Å². The van der Waals surface area contributed by atoms with E-state index in [1.54, 1.807) is 27.7 Å². The van der Waals surface area contributed by atoms with Crippen LogP contribution in [0.15, 0.2) is 0 Å². The first-order chi connectivity index (χ1) is 11.4. The minimum absolute atomic E-state index is 0.250. The van der Waals surface area contributed by atoms with Crippen LogP contribution in [0, 0.1) is 13.8 Å². The zero-order valence-electron chi connectivity index (χ0n) is 15.0. The highest BCUT2D eigenvalue weighted by Crippen LogP contribution is 2.30. The molecule has 140 valence electrons. The molecule has 9 heteroatoms. The summed E-state index contributed by atoms with van der Waals surface area (Å²) in [5, 5.41) is 6.66. The second-order valence-electron chi connectivity index (χ2n) is 6.88. The SMILES string of the molecule is Cc1nn(CC(F)(F)F)c(C)c1[C@@H](C)C(=O)N1CCNC(=O)C1(C)C. The molecule has 0 saturated carbocycles. The topological polar surface area (TPSA) is 67.2 Å².